The van der Waals surface area contributed by atoms with Crippen molar-refractivity contribution in [2.75, 3.05) is 27.3 Å². The number of imidazole rings is 2. The Bertz CT molecular complexity index is 2280. The van der Waals surface area contributed by atoms with Crippen molar-refractivity contribution in [2.45, 2.75) is 110 Å². The fourth-order valence-corrected chi connectivity index (χ4v) is 10.5. The molecule has 2 aromatic carbocycles. The van der Waals surface area contributed by atoms with E-state index in [1.807, 2.05) is 49.9 Å². The number of fused-ring (bicyclic) bond motifs is 5. The van der Waals surface area contributed by atoms with Gasteiger partial charge in [-0.1, -0.05) is 77.9 Å². The van der Waals surface area contributed by atoms with Crippen LogP contribution < -0.4 is 10.6 Å². The van der Waals surface area contributed by atoms with Crippen LogP contribution in [-0.4, -0.2) is 93.1 Å². The smallest absolute Gasteiger partial charge is 0.407 e. The van der Waals surface area contributed by atoms with E-state index in [1.165, 1.54) is 49.3 Å². The van der Waals surface area contributed by atoms with Gasteiger partial charge in [0.2, 0.25) is 11.8 Å². The molecular weight excluding hydrogens is 773 g/mol. The average molecular weight is 833 g/mol. The molecule has 4 aromatic rings. The van der Waals surface area contributed by atoms with Crippen LogP contribution in [0.5, 0.6) is 0 Å². The van der Waals surface area contributed by atoms with Gasteiger partial charge in [0.1, 0.15) is 23.7 Å². The molecule has 2 aliphatic heterocycles. The number of carbonyl (C=O) groups excluding carboxylic acids is 4. The third kappa shape index (κ3) is 8.01. The van der Waals surface area contributed by atoms with Crippen LogP contribution in [0.3, 0.4) is 0 Å². The summed E-state index contributed by atoms with van der Waals surface area (Å²) in [4.78, 5) is 72.5. The van der Waals surface area contributed by atoms with Crippen molar-refractivity contribution in [1.82, 2.24) is 40.4 Å². The third-order valence-electron chi connectivity index (χ3n) is 13.5. The average Bonchev–Trinajstić information content (AvgIpc) is 4.12. The lowest BCUT2D eigenvalue weighted by molar-refractivity contribution is -0.136. The van der Waals surface area contributed by atoms with E-state index < -0.39 is 24.3 Å². The van der Waals surface area contributed by atoms with Gasteiger partial charge in [-0.2, -0.15) is 0 Å². The second kappa shape index (κ2) is 17.0. The van der Waals surface area contributed by atoms with Crippen molar-refractivity contribution in [1.29, 1.82) is 0 Å². The highest BCUT2D eigenvalue weighted by Gasteiger charge is 2.43. The van der Waals surface area contributed by atoms with Crippen LogP contribution in [0.15, 0.2) is 48.8 Å². The van der Waals surface area contributed by atoms with Crippen LogP contribution >= 0.6 is 0 Å². The molecule has 2 aliphatic carbocycles. The van der Waals surface area contributed by atoms with Gasteiger partial charge in [0, 0.05) is 18.7 Å². The van der Waals surface area contributed by atoms with Crippen LogP contribution in [-0.2, 0) is 19.1 Å². The van der Waals surface area contributed by atoms with Crippen LogP contribution in [0.2, 0.25) is 0 Å². The molecule has 3 fully saturated rings. The first-order valence-corrected chi connectivity index (χ1v) is 21.9. The fourth-order valence-electron chi connectivity index (χ4n) is 10.5. The summed E-state index contributed by atoms with van der Waals surface area (Å²) < 4.78 is 9.64. The largest absolute Gasteiger partial charge is 0.453 e. The van der Waals surface area contributed by atoms with Crippen LogP contribution in [0.1, 0.15) is 120 Å². The fraction of sp³-hybridized carbons (Fsp3) is 0.532. The van der Waals surface area contributed by atoms with E-state index in [2.05, 4.69) is 70.8 Å². The molecule has 8 rings (SSSR count). The molecule has 4 aliphatic rings. The lowest BCUT2D eigenvalue weighted by Crippen LogP contribution is -2.51. The zero-order chi connectivity index (χ0) is 43.3. The molecule has 2 bridgehead atoms. The number of amides is 4. The van der Waals surface area contributed by atoms with Gasteiger partial charge in [-0.05, 0) is 95.4 Å². The van der Waals surface area contributed by atoms with E-state index in [1.54, 1.807) is 0 Å². The molecule has 0 spiro atoms. The predicted molar refractivity (Wildman–Crippen MR) is 231 cm³/mol. The highest BCUT2D eigenvalue weighted by atomic mass is 16.5. The van der Waals surface area contributed by atoms with Crippen molar-refractivity contribution >= 4 is 24.0 Å². The summed E-state index contributed by atoms with van der Waals surface area (Å²) >= 11 is 0. The molecule has 8 atom stereocenters. The van der Waals surface area contributed by atoms with Crippen molar-refractivity contribution in [3.8, 4) is 33.6 Å². The lowest BCUT2D eigenvalue weighted by Gasteiger charge is -2.30. The number of likely N-dealkylation sites (tertiary alicyclic amines) is 2. The van der Waals surface area contributed by atoms with Crippen LogP contribution in [0.4, 0.5) is 9.59 Å². The Morgan fingerprint density at radius 3 is 1.57 bits per heavy atom. The predicted octanol–water partition coefficient (Wildman–Crippen LogP) is 8.08. The summed E-state index contributed by atoms with van der Waals surface area (Å²) in [7, 11) is 2.61. The Labute approximate surface area is 358 Å². The van der Waals surface area contributed by atoms with Crippen molar-refractivity contribution < 1.29 is 28.7 Å². The Balaban J connectivity index is 1.03. The highest BCUT2D eigenvalue weighted by molar-refractivity contribution is 5.87. The van der Waals surface area contributed by atoms with E-state index >= 15 is 0 Å². The van der Waals surface area contributed by atoms with E-state index in [4.69, 9.17) is 19.4 Å². The maximum Gasteiger partial charge on any atom is 0.407 e. The molecular formula is C47H60N8O6. The van der Waals surface area contributed by atoms with Gasteiger partial charge < -0.3 is 39.9 Å². The van der Waals surface area contributed by atoms with E-state index in [-0.39, 0.29) is 47.6 Å². The number of rotatable bonds is 11. The molecule has 2 aromatic heterocycles. The number of H-pyrrole nitrogens is 2. The molecule has 4 amide bonds. The van der Waals surface area contributed by atoms with E-state index in [0.29, 0.717) is 24.9 Å². The van der Waals surface area contributed by atoms with E-state index in [0.717, 1.165) is 53.4 Å². The molecule has 4 N–H and O–H groups in total. The van der Waals surface area contributed by atoms with Gasteiger partial charge in [-0.25, -0.2) is 19.6 Å². The zero-order valence-electron chi connectivity index (χ0n) is 36.6. The first-order valence-electron chi connectivity index (χ1n) is 21.9. The van der Waals surface area contributed by atoms with Gasteiger partial charge in [-0.3, -0.25) is 9.59 Å². The number of carbonyl (C=O) groups is 4. The summed E-state index contributed by atoms with van der Waals surface area (Å²) in [5, 5.41) is 5.48. The topological polar surface area (TPSA) is 175 Å². The maximum absolute atomic E-state index is 13.9. The lowest BCUT2D eigenvalue weighted by atomic mass is 9.82. The monoisotopic (exact) mass is 832 g/mol. The van der Waals surface area contributed by atoms with Crippen molar-refractivity contribution in [2.24, 2.45) is 23.7 Å². The number of benzene rings is 2. The molecule has 1 saturated carbocycles. The minimum Gasteiger partial charge on any atom is -0.453 e. The number of nitrogens with one attached hydrogen (secondary N) is 4. The second-order valence-electron chi connectivity index (χ2n) is 18.5. The summed E-state index contributed by atoms with van der Waals surface area (Å²) in [6.07, 6.45) is 7.59. The summed E-state index contributed by atoms with van der Waals surface area (Å²) in [6.45, 7) is 13.1. The Morgan fingerprint density at radius 2 is 1.08 bits per heavy atom. The van der Waals surface area contributed by atoms with Gasteiger partial charge in [0.25, 0.3) is 0 Å². The first kappa shape index (κ1) is 42.0. The van der Waals surface area contributed by atoms with Gasteiger partial charge in [-0.15, -0.1) is 0 Å². The van der Waals surface area contributed by atoms with Crippen LogP contribution in [0.25, 0.3) is 33.6 Å². The van der Waals surface area contributed by atoms with Gasteiger partial charge in [0.05, 0.1) is 50.1 Å². The zero-order valence-corrected chi connectivity index (χ0v) is 36.6. The van der Waals surface area contributed by atoms with Crippen molar-refractivity contribution in [3.63, 3.8) is 0 Å². The summed E-state index contributed by atoms with van der Waals surface area (Å²) in [6, 6.07) is 11.3. The molecule has 324 valence electrons. The second-order valence-corrected chi connectivity index (χ2v) is 18.5. The van der Waals surface area contributed by atoms with Gasteiger partial charge in [0.15, 0.2) is 0 Å². The molecule has 14 heteroatoms. The van der Waals surface area contributed by atoms with Gasteiger partial charge >= 0.3 is 12.2 Å². The third-order valence-corrected chi connectivity index (χ3v) is 13.5. The number of alkyl carbamates (subject to hydrolysis) is 2. The highest BCUT2D eigenvalue weighted by Crippen LogP contribution is 2.58. The number of aromatic amines is 2. The molecule has 2 saturated heterocycles. The minimum absolute atomic E-state index is 0.111. The summed E-state index contributed by atoms with van der Waals surface area (Å²) in [5.41, 5.74) is 9.30. The number of aromatic nitrogens is 4. The van der Waals surface area contributed by atoms with Crippen LogP contribution in [0, 0.1) is 23.7 Å². The number of nitrogens with zero attached hydrogens (tertiary/aromatic N) is 4. The molecule has 14 nitrogen and oxygen atoms in total. The first-order chi connectivity index (χ1) is 29.3. The van der Waals surface area contributed by atoms with E-state index in [9.17, 15) is 19.2 Å². The molecule has 8 unspecified atom stereocenters. The Morgan fingerprint density at radius 1 is 0.639 bits per heavy atom. The number of hydrogen-bond acceptors (Lipinski definition) is 8. The van der Waals surface area contributed by atoms with Crippen molar-refractivity contribution in [3.05, 3.63) is 71.6 Å². The standard InChI is InChI=1S/C47H60N8O6/c1-24(2)40(52-46(58)60-7)44(56)54-22-26(5)17-36(54)42-48-20-34(50-42)29-11-9-28(10-12-29)32-15-16-33(39-31-14-13-30(19-31)38(32)39)35-21-49-43(51-35)37-18-27(6)23-55(37)45(57)41(25(3)4)53-47(59)61-8/h9-12,15-16,20-21,24-27,30-31,36-37,40-41H,13-14,17-19,22-23H2,1-8H3,(H,48,50)(H,49,51)(H,52,58)(H,53,59). The number of ether oxygens (including phenoxy) is 2. The minimum atomic E-state index is -0.698. The molecule has 0 radical (unpaired) electrons. The maximum atomic E-state index is 13.9. The molecule has 4 heterocycles. The number of methoxy groups -OCH3 is 2. The SMILES string of the molecule is COC(=O)NC(C(=O)N1CC(C)CC1c1ncc(-c2ccc(-c3ccc(-c4cnc(C5CC(C)CN5C(=O)C(NC(=O)OC)C(C)C)[nH]4)c4c3C3CCC4C3)cc2)[nH]1)C(C)C. The quantitative estimate of drug-likeness (QED) is 0.117. The number of hydrogen-bond donors (Lipinski definition) is 4. The Hall–Kier alpha value is -5.66. The molecule has 61 heavy (non-hydrogen) atoms. The Kier molecular flexibility index (Phi) is 11.7. The normalized spacial score (nSPS) is 24.0. The summed E-state index contributed by atoms with van der Waals surface area (Å²) in [5.74, 6) is 2.58.